The molecule has 0 spiro atoms. The Morgan fingerprint density at radius 1 is 1.29 bits per heavy atom. The van der Waals surface area contributed by atoms with E-state index < -0.39 is 0 Å². The number of nitrogens with one attached hydrogen (secondary N) is 2. The molecule has 5 nitrogen and oxygen atoms in total. The third-order valence-corrected chi connectivity index (χ3v) is 2.80. The van der Waals surface area contributed by atoms with Crippen LogP contribution < -0.4 is 10.7 Å². The van der Waals surface area contributed by atoms with E-state index in [1.165, 1.54) is 0 Å². The van der Waals surface area contributed by atoms with Crippen molar-refractivity contribution in [2.24, 2.45) is 5.92 Å². The van der Waals surface area contributed by atoms with Crippen molar-refractivity contribution in [2.75, 3.05) is 32.8 Å². The highest BCUT2D eigenvalue weighted by molar-refractivity contribution is 5.81. The number of carbonyl (C=O) groups is 1. The van der Waals surface area contributed by atoms with E-state index in [4.69, 9.17) is 4.74 Å². The number of ether oxygens (including phenoxy) is 1. The molecular formula is C12H25N3O2. The van der Waals surface area contributed by atoms with Crippen molar-refractivity contribution in [1.29, 1.82) is 0 Å². The fraction of sp³-hybridized carbons (Fsp3) is 0.917. The minimum Gasteiger partial charge on any atom is -0.379 e. The normalized spacial score (nSPS) is 19.3. The Morgan fingerprint density at radius 3 is 2.53 bits per heavy atom. The predicted molar refractivity (Wildman–Crippen MR) is 67.5 cm³/mol. The van der Waals surface area contributed by atoms with Gasteiger partial charge in [0.25, 0.3) is 0 Å². The number of hydrazine groups is 1. The molecule has 0 saturated carbocycles. The lowest BCUT2D eigenvalue weighted by molar-refractivity contribution is -0.124. The summed E-state index contributed by atoms with van der Waals surface area (Å²) in [6.07, 6.45) is 1.02. The van der Waals surface area contributed by atoms with E-state index in [2.05, 4.69) is 29.6 Å². The Balaban J connectivity index is 2.16. The van der Waals surface area contributed by atoms with Gasteiger partial charge in [-0.25, -0.2) is 10.4 Å². The molecule has 5 heteroatoms. The molecule has 1 atom stereocenters. The SMILES string of the molecule is CC(C)CCNC(=O)C(C)NN1CCOCC1. The molecular weight excluding hydrogens is 218 g/mol. The number of hydrogen-bond acceptors (Lipinski definition) is 4. The Kier molecular flexibility index (Phi) is 6.47. The van der Waals surface area contributed by atoms with Gasteiger partial charge in [-0.05, 0) is 19.3 Å². The van der Waals surface area contributed by atoms with E-state index in [-0.39, 0.29) is 11.9 Å². The monoisotopic (exact) mass is 243 g/mol. The summed E-state index contributed by atoms with van der Waals surface area (Å²) in [7, 11) is 0. The van der Waals surface area contributed by atoms with E-state index in [0.717, 1.165) is 39.3 Å². The van der Waals surface area contributed by atoms with Crippen LogP contribution in [0.4, 0.5) is 0 Å². The maximum atomic E-state index is 11.8. The van der Waals surface area contributed by atoms with Gasteiger partial charge in [-0.3, -0.25) is 4.79 Å². The van der Waals surface area contributed by atoms with Crippen LogP contribution in [0.25, 0.3) is 0 Å². The Hall–Kier alpha value is -0.650. The Bertz CT molecular complexity index is 228. The summed E-state index contributed by atoms with van der Waals surface area (Å²) in [4.78, 5) is 11.8. The molecule has 1 saturated heterocycles. The molecule has 0 aromatic carbocycles. The highest BCUT2D eigenvalue weighted by Crippen LogP contribution is 1.97. The lowest BCUT2D eigenvalue weighted by Crippen LogP contribution is -2.54. The number of hydrogen-bond donors (Lipinski definition) is 2. The van der Waals surface area contributed by atoms with Crippen LogP contribution in [0.15, 0.2) is 0 Å². The second-order valence-corrected chi connectivity index (χ2v) is 4.92. The van der Waals surface area contributed by atoms with Gasteiger partial charge in [0, 0.05) is 19.6 Å². The molecule has 1 aliphatic rings. The maximum absolute atomic E-state index is 11.8. The number of rotatable bonds is 6. The molecule has 1 heterocycles. The molecule has 17 heavy (non-hydrogen) atoms. The molecule has 1 aliphatic heterocycles. The molecule has 0 bridgehead atoms. The number of nitrogens with zero attached hydrogens (tertiary/aromatic N) is 1. The molecule has 0 aromatic heterocycles. The number of amides is 1. The molecule has 1 fully saturated rings. The van der Waals surface area contributed by atoms with Gasteiger partial charge in [0.2, 0.25) is 5.91 Å². The van der Waals surface area contributed by atoms with Crippen LogP contribution in [-0.4, -0.2) is 49.8 Å². The van der Waals surface area contributed by atoms with Crippen LogP contribution in [0.3, 0.4) is 0 Å². The van der Waals surface area contributed by atoms with Crippen molar-refractivity contribution in [3.05, 3.63) is 0 Å². The number of carbonyl (C=O) groups excluding carboxylic acids is 1. The first-order chi connectivity index (χ1) is 8.09. The average molecular weight is 243 g/mol. The Morgan fingerprint density at radius 2 is 1.94 bits per heavy atom. The second kappa shape index (κ2) is 7.63. The van der Waals surface area contributed by atoms with Crippen molar-refractivity contribution in [3.8, 4) is 0 Å². The molecule has 1 amide bonds. The smallest absolute Gasteiger partial charge is 0.238 e. The summed E-state index contributed by atoms with van der Waals surface area (Å²) in [5, 5.41) is 5.00. The summed E-state index contributed by atoms with van der Waals surface area (Å²) in [5.74, 6) is 0.690. The van der Waals surface area contributed by atoms with Gasteiger partial charge in [0.05, 0.1) is 19.3 Å². The van der Waals surface area contributed by atoms with Gasteiger partial charge in [0.1, 0.15) is 0 Å². The second-order valence-electron chi connectivity index (χ2n) is 4.92. The molecule has 0 aromatic rings. The van der Waals surface area contributed by atoms with E-state index in [1.54, 1.807) is 0 Å². The van der Waals surface area contributed by atoms with E-state index in [0.29, 0.717) is 5.92 Å². The summed E-state index contributed by atoms with van der Waals surface area (Å²) in [6.45, 7) is 10.1. The van der Waals surface area contributed by atoms with E-state index >= 15 is 0 Å². The van der Waals surface area contributed by atoms with Crippen LogP contribution in [0.5, 0.6) is 0 Å². The van der Waals surface area contributed by atoms with Gasteiger partial charge in [-0.2, -0.15) is 0 Å². The van der Waals surface area contributed by atoms with Crippen molar-refractivity contribution in [3.63, 3.8) is 0 Å². The molecule has 1 unspecified atom stereocenters. The first-order valence-electron chi connectivity index (χ1n) is 6.46. The third-order valence-electron chi connectivity index (χ3n) is 2.80. The van der Waals surface area contributed by atoms with Crippen LogP contribution >= 0.6 is 0 Å². The fourth-order valence-corrected chi connectivity index (χ4v) is 1.66. The lowest BCUT2D eigenvalue weighted by atomic mass is 10.1. The highest BCUT2D eigenvalue weighted by Gasteiger charge is 2.17. The summed E-state index contributed by atoms with van der Waals surface area (Å²) in [5.41, 5.74) is 3.20. The first-order valence-corrected chi connectivity index (χ1v) is 6.46. The summed E-state index contributed by atoms with van der Waals surface area (Å²) < 4.78 is 5.25. The third kappa shape index (κ3) is 6.00. The highest BCUT2D eigenvalue weighted by atomic mass is 16.5. The van der Waals surface area contributed by atoms with Crippen molar-refractivity contribution < 1.29 is 9.53 Å². The zero-order valence-electron chi connectivity index (χ0n) is 11.2. The quantitative estimate of drug-likeness (QED) is 0.708. The standard InChI is InChI=1S/C12H25N3O2/c1-10(2)4-5-13-12(16)11(3)14-15-6-8-17-9-7-15/h10-11,14H,4-9H2,1-3H3,(H,13,16). The van der Waals surface area contributed by atoms with Gasteiger partial charge in [0.15, 0.2) is 0 Å². The van der Waals surface area contributed by atoms with Crippen molar-refractivity contribution >= 4 is 5.91 Å². The Labute approximate surface area is 104 Å². The summed E-state index contributed by atoms with van der Waals surface area (Å²) in [6, 6.07) is -0.180. The van der Waals surface area contributed by atoms with Crippen molar-refractivity contribution in [1.82, 2.24) is 15.8 Å². The van der Waals surface area contributed by atoms with Gasteiger partial charge in [-0.1, -0.05) is 13.8 Å². The molecule has 0 aliphatic carbocycles. The van der Waals surface area contributed by atoms with Crippen molar-refractivity contribution in [2.45, 2.75) is 33.2 Å². The molecule has 2 N–H and O–H groups in total. The zero-order chi connectivity index (χ0) is 12.7. The minimum atomic E-state index is -0.180. The topological polar surface area (TPSA) is 53.6 Å². The minimum absolute atomic E-state index is 0.0668. The molecule has 0 radical (unpaired) electrons. The molecule has 100 valence electrons. The van der Waals surface area contributed by atoms with Gasteiger partial charge in [-0.15, -0.1) is 0 Å². The zero-order valence-corrected chi connectivity index (χ0v) is 11.2. The lowest BCUT2D eigenvalue weighted by Gasteiger charge is -2.29. The number of morpholine rings is 1. The summed E-state index contributed by atoms with van der Waals surface area (Å²) >= 11 is 0. The first kappa shape index (κ1) is 14.4. The van der Waals surface area contributed by atoms with Crippen LogP contribution in [-0.2, 0) is 9.53 Å². The van der Waals surface area contributed by atoms with Crippen LogP contribution in [0.1, 0.15) is 27.2 Å². The van der Waals surface area contributed by atoms with Crippen LogP contribution in [0, 0.1) is 5.92 Å². The van der Waals surface area contributed by atoms with Gasteiger partial charge < -0.3 is 10.1 Å². The van der Waals surface area contributed by atoms with E-state index in [9.17, 15) is 4.79 Å². The largest absolute Gasteiger partial charge is 0.379 e. The van der Waals surface area contributed by atoms with Crippen LogP contribution in [0.2, 0.25) is 0 Å². The fourth-order valence-electron chi connectivity index (χ4n) is 1.66. The van der Waals surface area contributed by atoms with E-state index in [1.807, 2.05) is 6.92 Å². The molecule has 1 rings (SSSR count). The van der Waals surface area contributed by atoms with Gasteiger partial charge >= 0.3 is 0 Å². The maximum Gasteiger partial charge on any atom is 0.238 e. The predicted octanol–water partition coefficient (Wildman–Crippen LogP) is 0.374. The average Bonchev–Trinajstić information content (AvgIpc) is 2.29.